The van der Waals surface area contributed by atoms with E-state index in [0.717, 1.165) is 28.1 Å². The first kappa shape index (κ1) is 18.0. The Bertz CT molecular complexity index is 951. The molecule has 2 amide bonds. The average molecular weight is 398 g/mol. The van der Waals surface area contributed by atoms with Gasteiger partial charge in [0, 0.05) is 12.3 Å². The molecule has 1 fully saturated rings. The highest BCUT2D eigenvalue weighted by Crippen LogP contribution is 2.34. The second kappa shape index (κ2) is 7.70. The fourth-order valence-corrected chi connectivity index (χ4v) is 4.83. The summed E-state index contributed by atoms with van der Waals surface area (Å²) in [5, 5.41) is 0.596. The molecule has 0 unspecified atom stereocenters. The van der Waals surface area contributed by atoms with E-state index in [1.807, 2.05) is 48.5 Å². The Balaban J connectivity index is 1.71. The highest BCUT2D eigenvalue weighted by atomic mass is 32.2. The number of fused-ring (bicyclic) bond motifs is 1. The van der Waals surface area contributed by atoms with Crippen LogP contribution in [0.2, 0.25) is 0 Å². The number of aromatic nitrogens is 1. The molecule has 2 heterocycles. The smallest absolute Gasteiger partial charge is 0.282 e. The van der Waals surface area contributed by atoms with Crippen molar-refractivity contribution in [1.29, 1.82) is 0 Å². The summed E-state index contributed by atoms with van der Waals surface area (Å²) in [5.41, 5.74) is 2.85. The van der Waals surface area contributed by atoms with E-state index in [1.54, 1.807) is 9.80 Å². The minimum Gasteiger partial charge on any atom is -0.323 e. The molecule has 0 radical (unpaired) electrons. The third-order valence-corrected chi connectivity index (χ3v) is 6.41. The minimum absolute atomic E-state index is 0.0334. The normalized spacial score (nSPS) is 14.1. The summed E-state index contributed by atoms with van der Waals surface area (Å²) >= 11 is 2.75. The fourth-order valence-electron chi connectivity index (χ4n) is 3.00. The number of hydrogen-bond donors (Lipinski definition) is 0. The number of para-hydroxylation sites is 1. The Morgan fingerprint density at radius 1 is 1.19 bits per heavy atom. The molecule has 4 rings (SSSR count). The second-order valence-electron chi connectivity index (χ2n) is 6.25. The molecule has 1 aromatic heterocycles. The second-order valence-corrected chi connectivity index (χ2v) is 8.30. The van der Waals surface area contributed by atoms with Crippen LogP contribution in [-0.2, 0) is 11.2 Å². The maximum absolute atomic E-state index is 13.2. The molecule has 0 N–H and O–H groups in total. The predicted octanol–water partition coefficient (Wildman–Crippen LogP) is 4.69. The zero-order valence-electron chi connectivity index (χ0n) is 14.9. The molecule has 7 heteroatoms. The van der Waals surface area contributed by atoms with Gasteiger partial charge in [-0.2, -0.15) is 0 Å². The van der Waals surface area contributed by atoms with Crippen molar-refractivity contribution < 1.29 is 9.59 Å². The molecule has 3 aromatic rings. The number of benzene rings is 2. The number of nitrogens with zero attached hydrogens (tertiary/aromatic N) is 3. The molecule has 1 aliphatic heterocycles. The lowest BCUT2D eigenvalue weighted by Gasteiger charge is -2.23. The van der Waals surface area contributed by atoms with Gasteiger partial charge in [-0.05, 0) is 36.2 Å². The molecular formula is C20H19N3O2S2. The van der Waals surface area contributed by atoms with Gasteiger partial charge in [0.1, 0.15) is 6.54 Å². The molecule has 1 saturated heterocycles. The molecular weight excluding hydrogens is 378 g/mol. The molecule has 1 aliphatic rings. The first-order chi connectivity index (χ1) is 13.2. The van der Waals surface area contributed by atoms with E-state index in [9.17, 15) is 9.59 Å². The molecule has 27 heavy (non-hydrogen) atoms. The summed E-state index contributed by atoms with van der Waals surface area (Å²) in [6, 6.07) is 15.8. The summed E-state index contributed by atoms with van der Waals surface area (Å²) in [6.07, 6.45) is 0.939. The summed E-state index contributed by atoms with van der Waals surface area (Å²) in [4.78, 5) is 33.0. The Labute approximate surface area is 166 Å². The van der Waals surface area contributed by atoms with Crippen LogP contribution in [0.1, 0.15) is 12.5 Å². The third-order valence-electron chi connectivity index (χ3n) is 4.50. The maximum Gasteiger partial charge on any atom is 0.282 e. The summed E-state index contributed by atoms with van der Waals surface area (Å²) in [7, 11) is 0. The summed E-state index contributed by atoms with van der Waals surface area (Å²) in [5.74, 6) is 0.590. The molecule has 0 saturated carbocycles. The van der Waals surface area contributed by atoms with Gasteiger partial charge in [0.25, 0.3) is 11.1 Å². The van der Waals surface area contributed by atoms with E-state index in [1.165, 1.54) is 28.7 Å². The van der Waals surface area contributed by atoms with Crippen molar-refractivity contribution in [3.63, 3.8) is 0 Å². The highest BCUT2D eigenvalue weighted by molar-refractivity contribution is 8.13. The molecule has 138 valence electrons. The quantitative estimate of drug-likeness (QED) is 0.627. The van der Waals surface area contributed by atoms with Gasteiger partial charge in [0.05, 0.1) is 15.9 Å². The largest absolute Gasteiger partial charge is 0.323 e. The number of thioether (sulfide) groups is 1. The van der Waals surface area contributed by atoms with Gasteiger partial charge < -0.3 is 4.90 Å². The van der Waals surface area contributed by atoms with E-state index in [0.29, 0.717) is 11.7 Å². The number of thiazole rings is 1. The number of aryl methyl sites for hydroxylation is 1. The lowest BCUT2D eigenvalue weighted by molar-refractivity contribution is -0.118. The average Bonchev–Trinajstić information content (AvgIpc) is 3.28. The first-order valence-corrected chi connectivity index (χ1v) is 10.6. The van der Waals surface area contributed by atoms with Crippen molar-refractivity contribution in [2.75, 3.05) is 23.7 Å². The van der Waals surface area contributed by atoms with Crippen LogP contribution >= 0.6 is 23.1 Å². The number of anilines is 2. The lowest BCUT2D eigenvalue weighted by Crippen LogP contribution is -2.38. The number of rotatable bonds is 5. The van der Waals surface area contributed by atoms with Gasteiger partial charge in [-0.3, -0.25) is 14.5 Å². The molecule has 5 nitrogen and oxygen atoms in total. The first-order valence-electron chi connectivity index (χ1n) is 8.85. The minimum atomic E-state index is -0.144. The Kier molecular flexibility index (Phi) is 5.13. The van der Waals surface area contributed by atoms with Gasteiger partial charge in [-0.25, -0.2) is 4.98 Å². The Hall–Kier alpha value is -2.38. The van der Waals surface area contributed by atoms with Gasteiger partial charge in [0.2, 0.25) is 0 Å². The number of carbonyl (C=O) groups excluding carboxylic acids is 2. The topological polar surface area (TPSA) is 53.5 Å². The van der Waals surface area contributed by atoms with E-state index in [4.69, 9.17) is 0 Å². The standard InChI is InChI=1S/C20H19N3O2S2/c1-2-14-7-9-15(10-8-14)23(18(24)13-22-11-12-26-20(22)25)19-21-16-5-3-4-6-17(16)27-19/h3-10H,2,11-13H2,1H3. The predicted molar refractivity (Wildman–Crippen MR) is 112 cm³/mol. The van der Waals surface area contributed by atoms with Crippen molar-refractivity contribution in [2.24, 2.45) is 0 Å². The molecule has 2 aromatic carbocycles. The Morgan fingerprint density at radius 2 is 1.96 bits per heavy atom. The van der Waals surface area contributed by atoms with Crippen LogP contribution in [0.3, 0.4) is 0 Å². The molecule has 0 aliphatic carbocycles. The van der Waals surface area contributed by atoms with E-state index in [-0.39, 0.29) is 17.7 Å². The van der Waals surface area contributed by atoms with Crippen LogP contribution in [-0.4, -0.2) is 39.9 Å². The number of amides is 2. The van der Waals surface area contributed by atoms with Crippen LogP contribution in [0.4, 0.5) is 15.6 Å². The molecule has 0 atom stereocenters. The van der Waals surface area contributed by atoms with Gasteiger partial charge in [-0.15, -0.1) is 0 Å². The SMILES string of the molecule is CCc1ccc(N(C(=O)CN2CCSC2=O)c2nc3ccccc3s2)cc1. The fraction of sp³-hybridized carbons (Fsp3) is 0.250. The van der Waals surface area contributed by atoms with Crippen LogP contribution in [0.25, 0.3) is 10.2 Å². The monoisotopic (exact) mass is 397 g/mol. The molecule has 0 bridgehead atoms. The summed E-state index contributed by atoms with van der Waals surface area (Å²) < 4.78 is 1.03. The van der Waals surface area contributed by atoms with Crippen LogP contribution in [0.5, 0.6) is 0 Å². The van der Waals surface area contributed by atoms with Crippen molar-refractivity contribution in [3.8, 4) is 0 Å². The van der Waals surface area contributed by atoms with Crippen molar-refractivity contribution >= 4 is 55.3 Å². The highest BCUT2D eigenvalue weighted by Gasteiger charge is 2.28. The van der Waals surface area contributed by atoms with Crippen molar-refractivity contribution in [1.82, 2.24) is 9.88 Å². The van der Waals surface area contributed by atoms with Crippen LogP contribution < -0.4 is 4.90 Å². The van der Waals surface area contributed by atoms with E-state index < -0.39 is 0 Å². The van der Waals surface area contributed by atoms with Crippen molar-refractivity contribution in [3.05, 3.63) is 54.1 Å². The van der Waals surface area contributed by atoms with Gasteiger partial charge in [-0.1, -0.05) is 54.3 Å². The van der Waals surface area contributed by atoms with E-state index >= 15 is 0 Å². The van der Waals surface area contributed by atoms with Gasteiger partial charge >= 0.3 is 0 Å². The Morgan fingerprint density at radius 3 is 2.63 bits per heavy atom. The number of carbonyl (C=O) groups is 2. The molecule has 0 spiro atoms. The third kappa shape index (κ3) is 3.70. The zero-order valence-corrected chi connectivity index (χ0v) is 16.6. The zero-order chi connectivity index (χ0) is 18.8. The van der Waals surface area contributed by atoms with E-state index in [2.05, 4.69) is 11.9 Å². The summed E-state index contributed by atoms with van der Waals surface area (Å²) in [6.45, 7) is 2.77. The lowest BCUT2D eigenvalue weighted by atomic mass is 10.1. The van der Waals surface area contributed by atoms with Crippen LogP contribution in [0.15, 0.2) is 48.5 Å². The number of hydrogen-bond acceptors (Lipinski definition) is 5. The van der Waals surface area contributed by atoms with Crippen LogP contribution in [0, 0.1) is 0 Å². The van der Waals surface area contributed by atoms with Crippen molar-refractivity contribution in [2.45, 2.75) is 13.3 Å². The maximum atomic E-state index is 13.2. The van der Waals surface area contributed by atoms with Gasteiger partial charge in [0.15, 0.2) is 5.13 Å².